The van der Waals surface area contributed by atoms with Gasteiger partial charge < -0.3 is 5.32 Å². The molecule has 0 fully saturated rings. The van der Waals surface area contributed by atoms with Crippen molar-refractivity contribution in [3.8, 4) is 5.69 Å². The van der Waals surface area contributed by atoms with Crippen LogP contribution in [-0.4, -0.2) is 45.4 Å². The normalized spacial score (nSPS) is 12.8. The van der Waals surface area contributed by atoms with Gasteiger partial charge in [-0.05, 0) is 63.5 Å². The predicted molar refractivity (Wildman–Crippen MR) is 124 cm³/mol. The van der Waals surface area contributed by atoms with Crippen LogP contribution in [0.15, 0.2) is 47.6 Å². The van der Waals surface area contributed by atoms with E-state index in [-0.39, 0.29) is 22.5 Å². The number of benzene rings is 2. The summed E-state index contributed by atoms with van der Waals surface area (Å²) in [5.41, 5.74) is -0.633. The Labute approximate surface area is 203 Å². The monoisotopic (exact) mass is 517 g/mol. The van der Waals surface area contributed by atoms with Crippen LogP contribution in [-0.2, 0) is 11.0 Å². The highest BCUT2D eigenvalue weighted by atomic mass is 35.5. The summed E-state index contributed by atoms with van der Waals surface area (Å²) in [4.78, 5) is 14.4. The van der Waals surface area contributed by atoms with Crippen molar-refractivity contribution in [1.82, 2.24) is 19.7 Å². The fourth-order valence-electron chi connectivity index (χ4n) is 2.89. The Morgan fingerprint density at radius 3 is 2.36 bits per heavy atom. The number of carbonyl (C=O) groups excluding carboxylic acids is 1. The molecule has 1 amide bonds. The zero-order valence-electron chi connectivity index (χ0n) is 17.8. The lowest BCUT2D eigenvalue weighted by molar-refractivity contribution is -0.137. The third-order valence-electron chi connectivity index (χ3n) is 4.78. The predicted octanol–water partition coefficient (Wildman–Crippen LogP) is 5.95. The summed E-state index contributed by atoms with van der Waals surface area (Å²) in [5.74, 6) is -0.162. The van der Waals surface area contributed by atoms with Gasteiger partial charge >= 0.3 is 6.18 Å². The van der Waals surface area contributed by atoms with Gasteiger partial charge in [-0.3, -0.25) is 14.3 Å². The van der Waals surface area contributed by atoms with Gasteiger partial charge in [0.1, 0.15) is 0 Å². The Bertz CT molecular complexity index is 1140. The highest BCUT2D eigenvalue weighted by molar-refractivity contribution is 7.99. The Kier molecular flexibility index (Phi) is 7.94. The molecule has 1 aromatic heterocycles. The molecular weight excluding hydrogens is 498 g/mol. The van der Waals surface area contributed by atoms with Crippen LogP contribution in [0, 0.1) is 0 Å². The summed E-state index contributed by atoms with van der Waals surface area (Å²) in [5, 5.41) is 11.7. The second-order valence-corrected chi connectivity index (χ2v) is 9.13. The number of rotatable bonds is 7. The molecule has 1 N–H and O–H groups in total. The molecule has 6 nitrogen and oxygen atoms in total. The van der Waals surface area contributed by atoms with E-state index in [1.807, 2.05) is 25.9 Å². The maximum absolute atomic E-state index is 13.3. The first-order valence-electron chi connectivity index (χ1n) is 9.64. The van der Waals surface area contributed by atoms with Crippen molar-refractivity contribution in [3.05, 3.63) is 63.9 Å². The number of nitrogens with one attached hydrogen (secondary N) is 1. The lowest BCUT2D eigenvalue weighted by atomic mass is 10.1. The lowest BCUT2D eigenvalue weighted by Gasteiger charge is -2.20. The topological polar surface area (TPSA) is 63.1 Å². The molecule has 1 heterocycles. The van der Waals surface area contributed by atoms with E-state index in [1.165, 1.54) is 6.07 Å². The zero-order valence-corrected chi connectivity index (χ0v) is 20.1. The van der Waals surface area contributed by atoms with Crippen LogP contribution in [0.2, 0.25) is 10.0 Å². The largest absolute Gasteiger partial charge is 0.418 e. The molecule has 0 radical (unpaired) electrons. The molecule has 0 aliphatic rings. The van der Waals surface area contributed by atoms with E-state index in [2.05, 4.69) is 15.5 Å². The van der Waals surface area contributed by atoms with E-state index in [0.717, 1.165) is 29.6 Å². The average Bonchev–Trinajstić information content (AvgIpc) is 3.16. The second-order valence-electron chi connectivity index (χ2n) is 7.32. The van der Waals surface area contributed by atoms with Crippen molar-refractivity contribution in [2.45, 2.75) is 24.3 Å². The molecule has 0 aliphatic heterocycles. The number of aromatic nitrogens is 3. The number of halogens is 5. The van der Waals surface area contributed by atoms with Crippen LogP contribution in [0.1, 0.15) is 24.4 Å². The van der Waals surface area contributed by atoms with Gasteiger partial charge in [0.2, 0.25) is 5.91 Å². The fourth-order valence-corrected chi connectivity index (χ4v) is 3.94. The first-order valence-corrected chi connectivity index (χ1v) is 11.4. The first-order chi connectivity index (χ1) is 15.5. The summed E-state index contributed by atoms with van der Waals surface area (Å²) in [6, 6.07) is 10.1. The maximum atomic E-state index is 13.3. The van der Waals surface area contributed by atoms with Gasteiger partial charge in [-0.2, -0.15) is 13.2 Å². The number of hydrogen-bond acceptors (Lipinski definition) is 5. The van der Waals surface area contributed by atoms with E-state index in [4.69, 9.17) is 23.2 Å². The summed E-state index contributed by atoms with van der Waals surface area (Å²) in [7, 11) is 3.80. The van der Waals surface area contributed by atoms with Crippen LogP contribution in [0.4, 0.5) is 18.9 Å². The third kappa shape index (κ3) is 6.20. The van der Waals surface area contributed by atoms with Gasteiger partial charge in [-0.15, -0.1) is 10.2 Å². The van der Waals surface area contributed by atoms with Gasteiger partial charge in [0.05, 0.1) is 23.0 Å². The van der Waals surface area contributed by atoms with Crippen LogP contribution in [0.25, 0.3) is 5.69 Å². The molecule has 0 unspecified atom stereocenters. The van der Waals surface area contributed by atoms with Crippen molar-refractivity contribution in [3.63, 3.8) is 0 Å². The summed E-state index contributed by atoms with van der Waals surface area (Å²) >= 11 is 12.8. The third-order valence-corrected chi connectivity index (χ3v) is 6.20. The van der Waals surface area contributed by atoms with E-state index >= 15 is 0 Å². The quantitative estimate of drug-likeness (QED) is 0.392. The molecule has 176 valence electrons. The van der Waals surface area contributed by atoms with Crippen molar-refractivity contribution in [2.24, 2.45) is 0 Å². The molecule has 0 spiro atoms. The molecule has 0 saturated heterocycles. The van der Waals surface area contributed by atoms with Crippen LogP contribution in [0.3, 0.4) is 0 Å². The molecule has 1 atom stereocenters. The molecule has 0 aliphatic carbocycles. The summed E-state index contributed by atoms with van der Waals surface area (Å²) < 4.78 is 41.7. The van der Waals surface area contributed by atoms with Crippen LogP contribution >= 0.6 is 35.0 Å². The Hall–Kier alpha value is -2.27. The highest BCUT2D eigenvalue weighted by Crippen LogP contribution is 2.36. The molecule has 12 heteroatoms. The number of alkyl halides is 3. The van der Waals surface area contributed by atoms with Gasteiger partial charge in [0.15, 0.2) is 11.0 Å². The van der Waals surface area contributed by atoms with E-state index in [9.17, 15) is 18.0 Å². The number of nitrogens with zero attached hydrogens (tertiary/aromatic N) is 4. The van der Waals surface area contributed by atoms with E-state index in [1.54, 1.807) is 28.8 Å². The zero-order chi connectivity index (χ0) is 24.3. The highest BCUT2D eigenvalue weighted by Gasteiger charge is 2.34. The minimum absolute atomic E-state index is 0.0756. The average molecular weight is 518 g/mol. The number of anilines is 1. The Morgan fingerprint density at radius 2 is 1.76 bits per heavy atom. The fraction of sp³-hybridized carbons (Fsp3) is 0.286. The number of amides is 1. The van der Waals surface area contributed by atoms with Crippen LogP contribution in [0.5, 0.6) is 0 Å². The minimum Gasteiger partial charge on any atom is -0.325 e. The minimum atomic E-state index is -4.66. The molecule has 0 saturated carbocycles. The summed E-state index contributed by atoms with van der Waals surface area (Å²) in [6.07, 6.45) is -4.66. The second kappa shape index (κ2) is 10.3. The molecule has 0 bridgehead atoms. The first kappa shape index (κ1) is 25.4. The van der Waals surface area contributed by atoms with Gasteiger partial charge in [-0.25, -0.2) is 0 Å². The molecule has 2 aromatic carbocycles. The molecule has 3 rings (SSSR count). The van der Waals surface area contributed by atoms with Crippen molar-refractivity contribution in [1.29, 1.82) is 0 Å². The standard InChI is InChI=1S/C21H20Cl2F3N5OS/c1-12(30(2)3)19-28-29-20(31(19)15-7-4-13(22)5-8-15)33-11-18(32)27-17-9-6-14(23)10-16(17)21(24,25)26/h4-10,12H,11H2,1-3H3,(H,27,32)/t12-/m0/s1. The smallest absolute Gasteiger partial charge is 0.325 e. The Balaban J connectivity index is 1.83. The van der Waals surface area contributed by atoms with Gasteiger partial charge in [0.25, 0.3) is 0 Å². The summed E-state index contributed by atoms with van der Waals surface area (Å²) in [6.45, 7) is 1.96. The van der Waals surface area contributed by atoms with Crippen molar-refractivity contribution < 1.29 is 18.0 Å². The van der Waals surface area contributed by atoms with Crippen molar-refractivity contribution >= 4 is 46.6 Å². The van der Waals surface area contributed by atoms with E-state index in [0.29, 0.717) is 16.0 Å². The molecule has 3 aromatic rings. The number of thioether (sulfide) groups is 1. The number of carbonyl (C=O) groups is 1. The molecular formula is C21H20Cl2F3N5OS. The van der Waals surface area contributed by atoms with Crippen LogP contribution < -0.4 is 5.32 Å². The molecule has 33 heavy (non-hydrogen) atoms. The van der Waals surface area contributed by atoms with Crippen molar-refractivity contribution in [2.75, 3.05) is 25.2 Å². The van der Waals surface area contributed by atoms with Gasteiger partial charge in [0, 0.05) is 15.7 Å². The van der Waals surface area contributed by atoms with E-state index < -0.39 is 17.6 Å². The van der Waals surface area contributed by atoms with Gasteiger partial charge in [-0.1, -0.05) is 35.0 Å². The maximum Gasteiger partial charge on any atom is 0.418 e. The Morgan fingerprint density at radius 1 is 1.12 bits per heavy atom. The lowest BCUT2D eigenvalue weighted by Crippen LogP contribution is -2.21. The SMILES string of the molecule is C[C@@H](c1nnc(SCC(=O)Nc2ccc(Cl)cc2C(F)(F)F)n1-c1ccc(Cl)cc1)N(C)C. The number of hydrogen-bond donors (Lipinski definition) is 1.